The van der Waals surface area contributed by atoms with Crippen molar-refractivity contribution in [1.29, 1.82) is 0 Å². The van der Waals surface area contributed by atoms with E-state index >= 15 is 0 Å². The monoisotopic (exact) mass is 284 g/mol. The average molecular weight is 285 g/mol. The van der Waals surface area contributed by atoms with Crippen molar-refractivity contribution in [2.75, 3.05) is 0 Å². The maximum absolute atomic E-state index is 11.3. The molecule has 2 nitrogen and oxygen atoms in total. The third kappa shape index (κ3) is 3.34. The van der Waals surface area contributed by atoms with Crippen LogP contribution in [-0.2, 0) is 4.79 Å². The van der Waals surface area contributed by atoms with Crippen LogP contribution in [0.25, 0.3) is 0 Å². The van der Waals surface area contributed by atoms with E-state index in [0.717, 1.165) is 22.9 Å². The molecular weight excluding hydrogens is 268 g/mol. The molecule has 0 amide bonds. The van der Waals surface area contributed by atoms with E-state index in [1.165, 1.54) is 0 Å². The van der Waals surface area contributed by atoms with E-state index in [2.05, 4.69) is 22.9 Å². The van der Waals surface area contributed by atoms with E-state index in [1.54, 1.807) is 0 Å². The summed E-state index contributed by atoms with van der Waals surface area (Å²) in [7, 11) is 0. The summed E-state index contributed by atoms with van der Waals surface area (Å²) in [6.07, 6.45) is 1.95. The standard InChI is InChI=1S/C13H17BrO2/c1-3-4-9(2)12(13(15)16)10-5-7-11(14)8-6-10/h5-9,12H,3-4H2,1-2H3,(H,15,16)/t9-,12+/m1/s1. The number of halogens is 1. The molecule has 0 saturated heterocycles. The molecule has 2 atom stereocenters. The van der Waals surface area contributed by atoms with Gasteiger partial charge in [0, 0.05) is 4.47 Å². The van der Waals surface area contributed by atoms with Crippen LogP contribution in [0.5, 0.6) is 0 Å². The topological polar surface area (TPSA) is 37.3 Å². The average Bonchev–Trinajstić information content (AvgIpc) is 2.21. The summed E-state index contributed by atoms with van der Waals surface area (Å²) in [6, 6.07) is 7.55. The van der Waals surface area contributed by atoms with Gasteiger partial charge in [-0.2, -0.15) is 0 Å². The van der Waals surface area contributed by atoms with Gasteiger partial charge in [0.15, 0.2) is 0 Å². The molecule has 0 spiro atoms. The Morgan fingerprint density at radius 3 is 2.38 bits per heavy atom. The summed E-state index contributed by atoms with van der Waals surface area (Å²) < 4.78 is 0.975. The summed E-state index contributed by atoms with van der Waals surface area (Å²) in [6.45, 7) is 4.08. The second-order valence-corrected chi connectivity index (χ2v) is 5.05. The van der Waals surface area contributed by atoms with Gasteiger partial charge in [0.2, 0.25) is 0 Å². The van der Waals surface area contributed by atoms with Gasteiger partial charge in [-0.25, -0.2) is 0 Å². The predicted octanol–water partition coefficient (Wildman–Crippen LogP) is 4.05. The van der Waals surface area contributed by atoms with Crippen LogP contribution < -0.4 is 0 Å². The molecular formula is C13H17BrO2. The lowest BCUT2D eigenvalue weighted by Gasteiger charge is -2.20. The third-order valence-electron chi connectivity index (χ3n) is 2.81. The molecule has 0 aliphatic rings. The summed E-state index contributed by atoms with van der Waals surface area (Å²) >= 11 is 3.35. The largest absolute Gasteiger partial charge is 0.481 e. The molecule has 0 bridgehead atoms. The van der Waals surface area contributed by atoms with E-state index < -0.39 is 11.9 Å². The van der Waals surface area contributed by atoms with Crippen molar-refractivity contribution in [3.05, 3.63) is 34.3 Å². The molecule has 0 unspecified atom stereocenters. The molecule has 0 aliphatic carbocycles. The number of carbonyl (C=O) groups is 1. The number of aliphatic carboxylic acids is 1. The van der Waals surface area contributed by atoms with E-state index in [-0.39, 0.29) is 5.92 Å². The van der Waals surface area contributed by atoms with Gasteiger partial charge in [-0.3, -0.25) is 4.79 Å². The lowest BCUT2D eigenvalue weighted by atomic mass is 9.85. The molecule has 0 aromatic heterocycles. The van der Waals surface area contributed by atoms with Crippen molar-refractivity contribution in [3.63, 3.8) is 0 Å². The molecule has 16 heavy (non-hydrogen) atoms. The molecule has 1 N–H and O–H groups in total. The van der Waals surface area contributed by atoms with Crippen molar-refractivity contribution in [3.8, 4) is 0 Å². The molecule has 0 fully saturated rings. The van der Waals surface area contributed by atoms with E-state index in [9.17, 15) is 9.90 Å². The Morgan fingerprint density at radius 1 is 1.38 bits per heavy atom. The van der Waals surface area contributed by atoms with Crippen LogP contribution in [0.2, 0.25) is 0 Å². The van der Waals surface area contributed by atoms with Gasteiger partial charge >= 0.3 is 5.97 Å². The number of hydrogen-bond acceptors (Lipinski definition) is 1. The smallest absolute Gasteiger partial charge is 0.311 e. The third-order valence-corrected chi connectivity index (χ3v) is 3.34. The van der Waals surface area contributed by atoms with Crippen LogP contribution in [0.4, 0.5) is 0 Å². The Hall–Kier alpha value is -0.830. The predicted molar refractivity (Wildman–Crippen MR) is 68.6 cm³/mol. The highest BCUT2D eigenvalue weighted by molar-refractivity contribution is 9.10. The molecule has 1 rings (SSSR count). The SMILES string of the molecule is CCC[C@@H](C)[C@H](C(=O)O)c1ccc(Br)cc1. The van der Waals surface area contributed by atoms with Crippen LogP contribution in [0, 0.1) is 5.92 Å². The van der Waals surface area contributed by atoms with Crippen LogP contribution in [0.3, 0.4) is 0 Å². The van der Waals surface area contributed by atoms with Gasteiger partial charge in [-0.15, -0.1) is 0 Å². The lowest BCUT2D eigenvalue weighted by molar-refractivity contribution is -0.140. The number of benzene rings is 1. The molecule has 0 aliphatic heterocycles. The van der Waals surface area contributed by atoms with E-state index in [0.29, 0.717) is 0 Å². The zero-order valence-corrected chi connectivity index (χ0v) is 11.2. The maximum Gasteiger partial charge on any atom is 0.311 e. The fourth-order valence-corrected chi connectivity index (χ4v) is 2.27. The quantitative estimate of drug-likeness (QED) is 0.886. The normalized spacial score (nSPS) is 14.4. The first-order chi connectivity index (χ1) is 7.56. The Labute approximate surface area is 105 Å². The second kappa shape index (κ2) is 6.04. The molecule has 1 aromatic rings. The maximum atomic E-state index is 11.3. The fraction of sp³-hybridized carbons (Fsp3) is 0.462. The number of carboxylic acid groups (broad SMARTS) is 1. The summed E-state index contributed by atoms with van der Waals surface area (Å²) in [5.74, 6) is -0.958. The van der Waals surface area contributed by atoms with Gasteiger partial charge in [0.05, 0.1) is 5.92 Å². The molecule has 3 heteroatoms. The Balaban J connectivity index is 2.93. The minimum atomic E-state index is -0.733. The number of carboxylic acids is 1. The Bertz CT molecular complexity index is 345. The van der Waals surface area contributed by atoms with Crippen LogP contribution in [0.1, 0.15) is 38.2 Å². The second-order valence-electron chi connectivity index (χ2n) is 4.13. The lowest BCUT2D eigenvalue weighted by Crippen LogP contribution is -2.19. The van der Waals surface area contributed by atoms with Gasteiger partial charge in [-0.1, -0.05) is 48.3 Å². The minimum Gasteiger partial charge on any atom is -0.481 e. The molecule has 0 saturated carbocycles. The highest BCUT2D eigenvalue weighted by Gasteiger charge is 2.25. The van der Waals surface area contributed by atoms with E-state index in [4.69, 9.17) is 0 Å². The van der Waals surface area contributed by atoms with E-state index in [1.807, 2.05) is 31.2 Å². The summed E-state index contributed by atoms with van der Waals surface area (Å²) in [5.41, 5.74) is 0.886. The summed E-state index contributed by atoms with van der Waals surface area (Å²) in [4.78, 5) is 11.3. The van der Waals surface area contributed by atoms with Gasteiger partial charge in [-0.05, 0) is 30.0 Å². The van der Waals surface area contributed by atoms with Crippen molar-refractivity contribution < 1.29 is 9.90 Å². The highest BCUT2D eigenvalue weighted by Crippen LogP contribution is 2.29. The molecule has 0 radical (unpaired) electrons. The Morgan fingerprint density at radius 2 is 1.94 bits per heavy atom. The van der Waals surface area contributed by atoms with Crippen molar-refractivity contribution in [1.82, 2.24) is 0 Å². The van der Waals surface area contributed by atoms with Gasteiger partial charge in [0.25, 0.3) is 0 Å². The molecule has 88 valence electrons. The zero-order valence-electron chi connectivity index (χ0n) is 9.61. The Kier molecular flexibility index (Phi) is 5.00. The minimum absolute atomic E-state index is 0.170. The first-order valence-corrected chi connectivity index (χ1v) is 6.33. The summed E-state index contributed by atoms with van der Waals surface area (Å²) in [5, 5.41) is 9.28. The van der Waals surface area contributed by atoms with Crippen molar-refractivity contribution in [2.45, 2.75) is 32.6 Å². The van der Waals surface area contributed by atoms with Crippen molar-refractivity contribution in [2.24, 2.45) is 5.92 Å². The van der Waals surface area contributed by atoms with Crippen molar-refractivity contribution >= 4 is 21.9 Å². The van der Waals surface area contributed by atoms with Crippen LogP contribution in [-0.4, -0.2) is 11.1 Å². The first-order valence-electron chi connectivity index (χ1n) is 5.54. The van der Waals surface area contributed by atoms with Gasteiger partial charge < -0.3 is 5.11 Å². The van der Waals surface area contributed by atoms with Crippen LogP contribution >= 0.6 is 15.9 Å². The van der Waals surface area contributed by atoms with Gasteiger partial charge in [0.1, 0.15) is 0 Å². The molecule has 0 heterocycles. The zero-order chi connectivity index (χ0) is 12.1. The molecule has 1 aromatic carbocycles. The highest BCUT2D eigenvalue weighted by atomic mass is 79.9. The number of rotatable bonds is 5. The number of hydrogen-bond donors (Lipinski definition) is 1. The van der Waals surface area contributed by atoms with Crippen LogP contribution in [0.15, 0.2) is 28.7 Å². The fourth-order valence-electron chi connectivity index (χ4n) is 2.01. The first kappa shape index (κ1) is 13.2.